The lowest BCUT2D eigenvalue weighted by Crippen LogP contribution is -2.15. The first-order valence-electron chi connectivity index (χ1n) is 8.95. The summed E-state index contributed by atoms with van der Waals surface area (Å²) in [5, 5.41) is 2.69. The Labute approximate surface area is 182 Å². The summed E-state index contributed by atoms with van der Waals surface area (Å²) in [6, 6.07) is 14.5. The van der Waals surface area contributed by atoms with Crippen molar-refractivity contribution in [1.29, 1.82) is 0 Å². The highest BCUT2D eigenvalue weighted by Gasteiger charge is 2.20. The maximum Gasteiger partial charge on any atom is 0.265 e. The number of nitrogens with one attached hydrogen (secondary N) is 2. The van der Waals surface area contributed by atoms with Crippen molar-refractivity contribution in [3.63, 3.8) is 0 Å². The van der Waals surface area contributed by atoms with E-state index in [1.165, 1.54) is 18.4 Å². The second kappa shape index (κ2) is 9.64. The van der Waals surface area contributed by atoms with E-state index in [0.717, 1.165) is 0 Å². The Balaban J connectivity index is 1.69. The van der Waals surface area contributed by atoms with Gasteiger partial charge in [-0.1, -0.05) is 15.9 Å². The molecule has 0 atom stereocenters. The highest BCUT2D eigenvalue weighted by atomic mass is 79.9. The van der Waals surface area contributed by atoms with Gasteiger partial charge in [-0.15, -0.1) is 0 Å². The van der Waals surface area contributed by atoms with E-state index in [9.17, 15) is 13.2 Å². The maximum atomic E-state index is 12.8. The number of furan rings is 1. The number of carbonyl (C=O) groups is 1. The fourth-order valence-electron chi connectivity index (χ4n) is 2.53. The third-order valence-electron chi connectivity index (χ3n) is 3.84. The molecule has 1 aromatic heterocycles. The summed E-state index contributed by atoms with van der Waals surface area (Å²) in [4.78, 5) is 12.0. The first-order chi connectivity index (χ1) is 14.4. The molecular formula is C21H19BrN2O5S. The smallest absolute Gasteiger partial charge is 0.265 e. The number of rotatable bonds is 8. The first kappa shape index (κ1) is 21.7. The molecule has 2 N–H and O–H groups in total. The average molecular weight is 491 g/mol. The number of hydrogen-bond donors (Lipinski definition) is 2. The molecule has 0 spiro atoms. The number of carbonyl (C=O) groups excluding carboxylic acids is 1. The van der Waals surface area contributed by atoms with Crippen molar-refractivity contribution in [3.05, 3.63) is 77.2 Å². The van der Waals surface area contributed by atoms with Crippen LogP contribution in [0.1, 0.15) is 12.7 Å². The minimum Gasteiger partial charge on any atom is -0.492 e. The highest BCUT2D eigenvalue weighted by Crippen LogP contribution is 2.29. The Morgan fingerprint density at radius 1 is 1.13 bits per heavy atom. The molecule has 9 heteroatoms. The van der Waals surface area contributed by atoms with Gasteiger partial charge in [0, 0.05) is 21.9 Å². The van der Waals surface area contributed by atoms with E-state index < -0.39 is 10.0 Å². The van der Waals surface area contributed by atoms with Crippen LogP contribution in [0.3, 0.4) is 0 Å². The number of ether oxygens (including phenoxy) is 1. The minimum atomic E-state index is -3.87. The van der Waals surface area contributed by atoms with Gasteiger partial charge in [-0.2, -0.15) is 0 Å². The molecule has 7 nitrogen and oxygen atoms in total. The van der Waals surface area contributed by atoms with Gasteiger partial charge in [0.1, 0.15) is 16.4 Å². The molecule has 0 fully saturated rings. The number of amides is 1. The fourth-order valence-corrected chi connectivity index (χ4v) is 4.27. The van der Waals surface area contributed by atoms with Gasteiger partial charge in [0.05, 0.1) is 12.9 Å². The van der Waals surface area contributed by atoms with Crippen LogP contribution in [-0.4, -0.2) is 20.9 Å². The van der Waals surface area contributed by atoms with E-state index in [1.807, 2.05) is 0 Å². The van der Waals surface area contributed by atoms with Gasteiger partial charge in [0.25, 0.3) is 10.0 Å². The van der Waals surface area contributed by atoms with Crippen molar-refractivity contribution < 1.29 is 22.4 Å². The van der Waals surface area contributed by atoms with Crippen LogP contribution in [0, 0.1) is 0 Å². The zero-order chi connectivity index (χ0) is 21.6. The van der Waals surface area contributed by atoms with Crippen LogP contribution in [-0.2, 0) is 14.8 Å². The number of sulfonamides is 1. The largest absolute Gasteiger partial charge is 0.492 e. The van der Waals surface area contributed by atoms with Crippen LogP contribution < -0.4 is 14.8 Å². The van der Waals surface area contributed by atoms with E-state index in [-0.39, 0.29) is 16.6 Å². The molecule has 1 amide bonds. The van der Waals surface area contributed by atoms with Crippen LogP contribution in [0.2, 0.25) is 0 Å². The van der Waals surface area contributed by atoms with Crippen LogP contribution >= 0.6 is 15.9 Å². The third kappa shape index (κ3) is 5.74. The topological polar surface area (TPSA) is 97.6 Å². The Hall–Kier alpha value is -3.04. The van der Waals surface area contributed by atoms with E-state index in [0.29, 0.717) is 28.2 Å². The normalized spacial score (nSPS) is 11.4. The van der Waals surface area contributed by atoms with Gasteiger partial charge >= 0.3 is 0 Å². The number of anilines is 2. The number of hydrogen-bond acceptors (Lipinski definition) is 5. The molecule has 0 unspecified atom stereocenters. The van der Waals surface area contributed by atoms with Gasteiger partial charge in [0.15, 0.2) is 0 Å². The highest BCUT2D eigenvalue weighted by molar-refractivity contribution is 9.10. The van der Waals surface area contributed by atoms with Crippen molar-refractivity contribution in [2.45, 2.75) is 11.8 Å². The minimum absolute atomic E-state index is 0.0270. The molecule has 0 saturated heterocycles. The van der Waals surface area contributed by atoms with Gasteiger partial charge in [-0.05, 0) is 67.6 Å². The van der Waals surface area contributed by atoms with Crippen LogP contribution in [0.5, 0.6) is 5.75 Å². The van der Waals surface area contributed by atoms with Crippen LogP contribution in [0.15, 0.2) is 80.7 Å². The van der Waals surface area contributed by atoms with Gasteiger partial charge in [-0.3, -0.25) is 9.52 Å². The first-order valence-corrected chi connectivity index (χ1v) is 11.2. The van der Waals surface area contributed by atoms with Crippen molar-refractivity contribution in [2.75, 3.05) is 16.6 Å². The van der Waals surface area contributed by atoms with Gasteiger partial charge < -0.3 is 14.5 Å². The number of benzene rings is 2. The molecule has 0 aliphatic heterocycles. The second-order valence-corrected chi connectivity index (χ2v) is 8.61. The lowest BCUT2D eigenvalue weighted by atomic mass is 10.3. The summed E-state index contributed by atoms with van der Waals surface area (Å²) in [5.74, 6) is 0.490. The monoisotopic (exact) mass is 490 g/mol. The molecule has 0 aliphatic rings. The van der Waals surface area contributed by atoms with E-state index in [4.69, 9.17) is 9.15 Å². The van der Waals surface area contributed by atoms with Crippen molar-refractivity contribution >= 4 is 49.3 Å². The molecular weight excluding hydrogens is 472 g/mol. The molecule has 0 radical (unpaired) electrons. The molecule has 156 valence electrons. The Morgan fingerprint density at radius 2 is 1.87 bits per heavy atom. The van der Waals surface area contributed by atoms with Crippen molar-refractivity contribution in [1.82, 2.24) is 0 Å². The third-order valence-corrected chi connectivity index (χ3v) is 5.74. The van der Waals surface area contributed by atoms with E-state index in [2.05, 4.69) is 26.0 Å². The summed E-state index contributed by atoms with van der Waals surface area (Å²) in [6.07, 6.45) is 4.41. The fraction of sp³-hybridized carbons (Fsp3) is 0.0952. The lowest BCUT2D eigenvalue weighted by molar-refractivity contribution is -0.111. The maximum absolute atomic E-state index is 12.8. The summed E-state index contributed by atoms with van der Waals surface area (Å²) in [5.41, 5.74) is 0.867. The Bertz CT molecular complexity index is 1140. The quantitative estimate of drug-likeness (QED) is 0.437. The number of halogens is 1. The summed E-state index contributed by atoms with van der Waals surface area (Å²) in [6.45, 7) is 2.12. The molecule has 1 heterocycles. The molecule has 30 heavy (non-hydrogen) atoms. The van der Waals surface area contributed by atoms with E-state index >= 15 is 0 Å². The summed E-state index contributed by atoms with van der Waals surface area (Å²) in [7, 11) is -3.87. The summed E-state index contributed by atoms with van der Waals surface area (Å²) >= 11 is 3.28. The zero-order valence-corrected chi connectivity index (χ0v) is 18.4. The lowest BCUT2D eigenvalue weighted by Gasteiger charge is -2.13. The SMILES string of the molecule is CCOc1ccc(Br)cc1S(=O)(=O)Nc1ccc(NC(=O)/C=C/c2ccco2)cc1. The molecule has 0 saturated carbocycles. The Kier molecular flexibility index (Phi) is 6.96. The molecule has 2 aromatic carbocycles. The molecule has 3 rings (SSSR count). The van der Waals surface area contributed by atoms with Gasteiger partial charge in [-0.25, -0.2) is 8.42 Å². The van der Waals surface area contributed by atoms with Crippen LogP contribution in [0.25, 0.3) is 6.08 Å². The van der Waals surface area contributed by atoms with Crippen molar-refractivity contribution in [2.24, 2.45) is 0 Å². The van der Waals surface area contributed by atoms with Crippen molar-refractivity contribution in [3.8, 4) is 5.75 Å². The average Bonchev–Trinajstić information content (AvgIpc) is 3.23. The molecule has 0 aliphatic carbocycles. The zero-order valence-electron chi connectivity index (χ0n) is 16.0. The van der Waals surface area contributed by atoms with E-state index in [1.54, 1.807) is 61.5 Å². The molecule has 0 bridgehead atoms. The van der Waals surface area contributed by atoms with Crippen LogP contribution in [0.4, 0.5) is 11.4 Å². The predicted molar refractivity (Wildman–Crippen MR) is 119 cm³/mol. The van der Waals surface area contributed by atoms with Gasteiger partial charge in [0.2, 0.25) is 5.91 Å². The predicted octanol–water partition coefficient (Wildman–Crippen LogP) is 4.89. The summed E-state index contributed by atoms with van der Waals surface area (Å²) < 4.78 is 39.3. The molecule has 3 aromatic rings. The Morgan fingerprint density at radius 3 is 2.53 bits per heavy atom. The standard InChI is InChI=1S/C21H19BrN2O5S/c1-2-28-19-11-5-15(22)14-20(19)30(26,27)24-17-8-6-16(7-9-17)23-21(25)12-10-18-4-3-13-29-18/h3-14,24H,2H2,1H3,(H,23,25)/b12-10+. The second-order valence-electron chi connectivity index (χ2n) is 6.04.